The summed E-state index contributed by atoms with van der Waals surface area (Å²) in [5.41, 5.74) is 11.9. The smallest absolute Gasteiger partial charge is 0.0502 e. The lowest BCUT2D eigenvalue weighted by Gasteiger charge is -2.36. The Labute approximate surface area is 354 Å². The highest BCUT2D eigenvalue weighted by Crippen LogP contribution is 2.39. The molecule has 1 aliphatic carbocycles. The molecule has 0 saturated heterocycles. The minimum atomic E-state index is 0.290. The predicted octanol–water partition coefficient (Wildman–Crippen LogP) is 17.1. The number of benzene rings is 1. The van der Waals surface area contributed by atoms with Crippen molar-refractivity contribution in [3.63, 3.8) is 0 Å². The molecule has 5 atom stereocenters. The van der Waals surface area contributed by atoms with Crippen LogP contribution in [0.4, 0.5) is 0 Å². The molecule has 1 aromatic carbocycles. The standard InChI is InChI=1S/C29H45N.C10H22.C4H10.C4H8.C3H6.C2H5N.C2H4/c1-9-13-22(7)28(27(14-10-2)20(3)4)17-23(8)29(30-21(5)6)26-18-24-15-11-12-16-25(24)19-26;1-6-8-9(7-2)10(3,4)5;1-4(2)3;1-3-4-2;1-3-2;1-2-3;1-2/h11-12,15-16,22,26-30H,3,5,8-10,13-14,17-19H2,1-2,4,6-7H3;9H,6-8H2,1-5H3;4H,1-3H3;3H,1,4H2,2H3;3H,1H2,2H3;2H,1,3H2;1-2H2. The van der Waals surface area contributed by atoms with Gasteiger partial charge in [0.1, 0.15) is 0 Å². The predicted molar refractivity (Wildman–Crippen MR) is 264 cm³/mol. The lowest BCUT2D eigenvalue weighted by molar-refractivity contribution is 0.217. The molecule has 326 valence electrons. The topological polar surface area (TPSA) is 38.0 Å². The van der Waals surface area contributed by atoms with E-state index in [1.54, 1.807) is 6.08 Å². The van der Waals surface area contributed by atoms with Gasteiger partial charge >= 0.3 is 0 Å². The van der Waals surface area contributed by atoms with E-state index in [1.807, 2.05) is 13.0 Å². The van der Waals surface area contributed by atoms with E-state index in [9.17, 15) is 0 Å². The van der Waals surface area contributed by atoms with Crippen molar-refractivity contribution in [2.75, 3.05) is 0 Å². The zero-order valence-electron chi connectivity index (χ0n) is 40.6. The van der Waals surface area contributed by atoms with Crippen LogP contribution in [0.25, 0.3) is 0 Å². The highest BCUT2D eigenvalue weighted by molar-refractivity contribution is 5.34. The molecule has 5 unspecified atom stereocenters. The number of nitrogens with one attached hydrogen (secondary N) is 1. The van der Waals surface area contributed by atoms with Gasteiger partial charge in [-0.15, -0.1) is 26.3 Å². The van der Waals surface area contributed by atoms with E-state index in [0.29, 0.717) is 35.1 Å². The third kappa shape index (κ3) is 33.2. The molecule has 2 heteroatoms. The van der Waals surface area contributed by atoms with Gasteiger partial charge < -0.3 is 11.1 Å². The van der Waals surface area contributed by atoms with Gasteiger partial charge in [0.2, 0.25) is 0 Å². The zero-order chi connectivity index (χ0) is 44.9. The van der Waals surface area contributed by atoms with Gasteiger partial charge in [0.25, 0.3) is 0 Å². The molecule has 2 rings (SSSR count). The number of hydrogen-bond acceptors (Lipinski definition) is 2. The van der Waals surface area contributed by atoms with Crippen molar-refractivity contribution in [2.45, 2.75) is 181 Å². The van der Waals surface area contributed by atoms with E-state index in [2.05, 4.69) is 185 Å². The summed E-state index contributed by atoms with van der Waals surface area (Å²) < 4.78 is 0. The second-order valence-electron chi connectivity index (χ2n) is 17.2. The summed E-state index contributed by atoms with van der Waals surface area (Å²) in [6, 6.07) is 9.21. The van der Waals surface area contributed by atoms with Crippen molar-refractivity contribution in [3.8, 4) is 0 Å². The monoisotopic (exact) mass is 777 g/mol. The number of hydrogen-bond donors (Lipinski definition) is 2. The van der Waals surface area contributed by atoms with Gasteiger partial charge in [-0.05, 0) is 111 Å². The molecule has 0 aliphatic heterocycles. The highest BCUT2D eigenvalue weighted by Gasteiger charge is 2.34. The second kappa shape index (κ2) is 40.2. The Morgan fingerprint density at radius 3 is 1.48 bits per heavy atom. The van der Waals surface area contributed by atoms with Crippen LogP contribution < -0.4 is 11.1 Å². The maximum Gasteiger partial charge on any atom is 0.0502 e. The molecule has 0 radical (unpaired) electrons. The molecule has 0 saturated carbocycles. The van der Waals surface area contributed by atoms with Crippen molar-refractivity contribution in [3.05, 3.63) is 123 Å². The summed E-state index contributed by atoms with van der Waals surface area (Å²) in [5, 5.41) is 3.72. The van der Waals surface area contributed by atoms with Crippen LogP contribution in [0.2, 0.25) is 0 Å². The first-order valence-electron chi connectivity index (χ1n) is 22.1. The van der Waals surface area contributed by atoms with Gasteiger partial charge in [-0.1, -0.05) is 195 Å². The summed E-state index contributed by atoms with van der Waals surface area (Å²) >= 11 is 0. The third-order valence-corrected chi connectivity index (χ3v) is 9.76. The number of nitrogens with two attached hydrogens (primary N) is 1. The van der Waals surface area contributed by atoms with Gasteiger partial charge in [-0.2, -0.15) is 0 Å². The molecule has 0 aromatic heterocycles. The first-order chi connectivity index (χ1) is 26.3. The summed E-state index contributed by atoms with van der Waals surface area (Å²) in [5.74, 6) is 4.19. The highest BCUT2D eigenvalue weighted by atomic mass is 14.9. The Kier molecular flexibility index (Phi) is 44.7. The molecule has 1 aromatic rings. The normalized spacial score (nSPS) is 13.8. The minimum absolute atomic E-state index is 0.290. The van der Waals surface area contributed by atoms with Crippen LogP contribution >= 0.6 is 0 Å². The lowest BCUT2D eigenvalue weighted by Crippen LogP contribution is -2.38. The summed E-state index contributed by atoms with van der Waals surface area (Å²) in [6.07, 6.45) is 18.3. The van der Waals surface area contributed by atoms with Crippen LogP contribution in [-0.4, -0.2) is 6.04 Å². The molecular weight excluding hydrogens is 677 g/mol. The average molecular weight is 777 g/mol. The Balaban J connectivity index is -0.000000272. The van der Waals surface area contributed by atoms with Crippen molar-refractivity contribution < 1.29 is 0 Å². The molecule has 0 amide bonds. The van der Waals surface area contributed by atoms with Gasteiger partial charge in [0.15, 0.2) is 0 Å². The van der Waals surface area contributed by atoms with Crippen LogP contribution in [0.5, 0.6) is 0 Å². The molecule has 0 heterocycles. The van der Waals surface area contributed by atoms with Crippen LogP contribution in [-0.2, 0) is 12.8 Å². The van der Waals surface area contributed by atoms with Crippen LogP contribution in [0.15, 0.2) is 112 Å². The SMILES string of the molecule is C=C.C=C(C)NC(C(=C)CC(C(C)CCC)C(CCC)C(=C)C)C1Cc2ccccc2C1.C=CC.C=CCC.C=CN.CC(C)C.CCCC(CC)C(C)(C)C. The van der Waals surface area contributed by atoms with E-state index in [-0.39, 0.29) is 0 Å². The molecule has 0 bridgehead atoms. The second-order valence-corrected chi connectivity index (χ2v) is 17.2. The van der Waals surface area contributed by atoms with Gasteiger partial charge in [-0.25, -0.2) is 0 Å². The Morgan fingerprint density at radius 2 is 1.21 bits per heavy atom. The lowest BCUT2D eigenvalue weighted by atomic mass is 9.71. The maximum absolute atomic E-state index is 4.67. The van der Waals surface area contributed by atoms with Gasteiger partial charge in [-0.3, -0.25) is 0 Å². The first kappa shape index (κ1) is 62.2. The van der Waals surface area contributed by atoms with Gasteiger partial charge in [0.05, 0.1) is 6.04 Å². The number of rotatable bonds is 17. The van der Waals surface area contributed by atoms with E-state index in [0.717, 1.165) is 43.2 Å². The Bertz CT molecular complexity index is 1080. The third-order valence-electron chi connectivity index (χ3n) is 9.76. The zero-order valence-corrected chi connectivity index (χ0v) is 40.6. The van der Waals surface area contributed by atoms with Crippen molar-refractivity contribution in [2.24, 2.45) is 46.7 Å². The van der Waals surface area contributed by atoms with Gasteiger partial charge in [0, 0.05) is 5.70 Å². The minimum Gasteiger partial charge on any atom is -0.405 e. The Hall–Kier alpha value is -3.00. The van der Waals surface area contributed by atoms with Crippen LogP contribution in [0.3, 0.4) is 0 Å². The number of fused-ring (bicyclic) bond motifs is 1. The quantitative estimate of drug-likeness (QED) is 0.155. The van der Waals surface area contributed by atoms with Crippen LogP contribution in [0, 0.1) is 40.9 Å². The summed E-state index contributed by atoms with van der Waals surface area (Å²) in [7, 11) is 0. The summed E-state index contributed by atoms with van der Waals surface area (Å²) in [4.78, 5) is 0. The molecule has 3 N–H and O–H groups in total. The summed E-state index contributed by atoms with van der Waals surface area (Å²) in [6.45, 7) is 62.6. The fourth-order valence-electron chi connectivity index (χ4n) is 7.22. The van der Waals surface area contributed by atoms with E-state index < -0.39 is 0 Å². The largest absolute Gasteiger partial charge is 0.405 e. The van der Waals surface area contributed by atoms with E-state index >= 15 is 0 Å². The maximum atomic E-state index is 4.67. The molecule has 56 heavy (non-hydrogen) atoms. The van der Waals surface area contributed by atoms with E-state index in [4.69, 9.17) is 0 Å². The van der Waals surface area contributed by atoms with Crippen molar-refractivity contribution in [1.29, 1.82) is 0 Å². The molecule has 0 spiro atoms. The Morgan fingerprint density at radius 1 is 0.821 bits per heavy atom. The van der Waals surface area contributed by atoms with Crippen molar-refractivity contribution in [1.82, 2.24) is 5.32 Å². The fraction of sp³-hybridized carbons (Fsp3) is 0.630. The molecule has 2 nitrogen and oxygen atoms in total. The fourth-order valence-corrected chi connectivity index (χ4v) is 7.22. The van der Waals surface area contributed by atoms with Crippen molar-refractivity contribution >= 4 is 0 Å². The van der Waals surface area contributed by atoms with Crippen LogP contribution in [0.1, 0.15) is 173 Å². The van der Waals surface area contributed by atoms with E-state index in [1.165, 1.54) is 73.4 Å². The molecular formula is C54H100N2. The molecule has 0 fully saturated rings. The number of allylic oxidation sites excluding steroid dienone is 4. The first-order valence-corrected chi connectivity index (χ1v) is 22.1. The molecule has 1 aliphatic rings. The average Bonchev–Trinajstić information content (AvgIpc) is 3.56.